The number of nitrogens with one attached hydrogen (secondary N) is 1. The number of carbonyl (C=O) groups is 1. The molecule has 3 rings (SSSR count). The number of hydrogen-bond donors (Lipinski definition) is 1. The van der Waals surface area contributed by atoms with Crippen LogP contribution in [-0.4, -0.2) is 38.3 Å². The Bertz CT molecular complexity index is 965. The van der Waals surface area contributed by atoms with Crippen LogP contribution in [0.3, 0.4) is 0 Å². The molecule has 0 bridgehead atoms. The molecule has 1 atom stereocenters. The SMILES string of the molecule is CCC(CNC(=O)C1CCN(S(=O)(=O)c2ccc(C)cc2C)CC1)c1ccccc1. The zero-order chi connectivity index (χ0) is 21.7. The van der Waals surface area contributed by atoms with E-state index in [1.807, 2.05) is 44.2 Å². The van der Waals surface area contributed by atoms with Crippen molar-refractivity contribution in [2.75, 3.05) is 19.6 Å². The van der Waals surface area contributed by atoms with Crippen molar-refractivity contribution in [1.82, 2.24) is 9.62 Å². The van der Waals surface area contributed by atoms with Gasteiger partial charge in [0, 0.05) is 31.5 Å². The molecule has 0 spiro atoms. The van der Waals surface area contributed by atoms with Gasteiger partial charge in [-0.2, -0.15) is 4.31 Å². The van der Waals surface area contributed by atoms with Gasteiger partial charge in [0.2, 0.25) is 15.9 Å². The molecule has 1 aliphatic rings. The second-order valence-corrected chi connectivity index (χ2v) is 10.1. The number of amides is 1. The molecule has 1 heterocycles. The van der Waals surface area contributed by atoms with Crippen molar-refractivity contribution in [2.24, 2.45) is 5.92 Å². The molecular formula is C24H32N2O3S. The minimum Gasteiger partial charge on any atom is -0.355 e. The maximum Gasteiger partial charge on any atom is 0.243 e. The third-order valence-corrected chi connectivity index (χ3v) is 8.12. The van der Waals surface area contributed by atoms with Crippen molar-refractivity contribution >= 4 is 15.9 Å². The molecule has 2 aromatic rings. The highest BCUT2D eigenvalue weighted by atomic mass is 32.2. The number of hydrogen-bond acceptors (Lipinski definition) is 3. The van der Waals surface area contributed by atoms with Gasteiger partial charge in [-0.25, -0.2) is 8.42 Å². The lowest BCUT2D eigenvalue weighted by Gasteiger charge is -2.31. The van der Waals surface area contributed by atoms with Gasteiger partial charge >= 0.3 is 0 Å². The van der Waals surface area contributed by atoms with Crippen LogP contribution in [0, 0.1) is 19.8 Å². The van der Waals surface area contributed by atoms with E-state index >= 15 is 0 Å². The predicted molar refractivity (Wildman–Crippen MR) is 120 cm³/mol. The summed E-state index contributed by atoms with van der Waals surface area (Å²) in [5.41, 5.74) is 3.04. The van der Waals surface area contributed by atoms with Gasteiger partial charge < -0.3 is 5.32 Å². The van der Waals surface area contributed by atoms with E-state index in [0.29, 0.717) is 43.3 Å². The number of carbonyl (C=O) groups excluding carboxylic acids is 1. The number of aryl methyl sites for hydroxylation is 2. The standard InChI is InChI=1S/C24H32N2O3S/c1-4-20(21-8-6-5-7-9-21)17-25-24(27)22-12-14-26(15-13-22)30(28,29)23-11-10-18(2)16-19(23)3/h5-11,16,20,22H,4,12-15,17H2,1-3H3,(H,25,27). The van der Waals surface area contributed by atoms with Crippen LogP contribution in [0.2, 0.25) is 0 Å². The molecule has 2 aromatic carbocycles. The third kappa shape index (κ3) is 5.10. The molecule has 1 fully saturated rings. The van der Waals surface area contributed by atoms with Crippen LogP contribution in [0.15, 0.2) is 53.4 Å². The van der Waals surface area contributed by atoms with Crippen molar-refractivity contribution in [3.05, 3.63) is 65.2 Å². The highest BCUT2D eigenvalue weighted by molar-refractivity contribution is 7.89. The maximum atomic E-state index is 13.0. The summed E-state index contributed by atoms with van der Waals surface area (Å²) in [5.74, 6) is 0.192. The van der Waals surface area contributed by atoms with Crippen LogP contribution in [-0.2, 0) is 14.8 Å². The van der Waals surface area contributed by atoms with Crippen molar-refractivity contribution in [3.8, 4) is 0 Å². The molecule has 0 aromatic heterocycles. The van der Waals surface area contributed by atoms with Crippen molar-refractivity contribution in [3.63, 3.8) is 0 Å². The van der Waals surface area contributed by atoms with Gasteiger partial charge in [0.15, 0.2) is 0 Å². The lowest BCUT2D eigenvalue weighted by molar-refractivity contribution is -0.126. The molecular weight excluding hydrogens is 396 g/mol. The van der Waals surface area contributed by atoms with E-state index in [4.69, 9.17) is 0 Å². The molecule has 162 valence electrons. The molecule has 30 heavy (non-hydrogen) atoms. The summed E-state index contributed by atoms with van der Waals surface area (Å²) < 4.78 is 27.6. The van der Waals surface area contributed by atoms with Crippen molar-refractivity contribution in [1.29, 1.82) is 0 Å². The van der Waals surface area contributed by atoms with E-state index in [9.17, 15) is 13.2 Å². The average molecular weight is 429 g/mol. The minimum absolute atomic E-state index is 0.0351. The van der Waals surface area contributed by atoms with E-state index in [1.165, 1.54) is 9.87 Å². The summed E-state index contributed by atoms with van der Waals surface area (Å²) in [4.78, 5) is 13.1. The topological polar surface area (TPSA) is 66.5 Å². The second kappa shape index (κ2) is 9.75. The van der Waals surface area contributed by atoms with Gasteiger partial charge in [0.1, 0.15) is 0 Å². The summed E-state index contributed by atoms with van der Waals surface area (Å²) in [6, 6.07) is 15.6. The van der Waals surface area contributed by atoms with E-state index in [2.05, 4.69) is 24.4 Å². The zero-order valence-electron chi connectivity index (χ0n) is 18.1. The van der Waals surface area contributed by atoms with E-state index < -0.39 is 10.0 Å². The molecule has 0 radical (unpaired) electrons. The Hall–Kier alpha value is -2.18. The number of sulfonamides is 1. The lowest BCUT2D eigenvalue weighted by Crippen LogP contribution is -2.43. The molecule has 1 saturated heterocycles. The Morgan fingerprint density at radius 2 is 1.77 bits per heavy atom. The summed E-state index contributed by atoms with van der Waals surface area (Å²) >= 11 is 0. The Kier molecular flexibility index (Phi) is 7.32. The Labute approximate surface area is 180 Å². The monoisotopic (exact) mass is 428 g/mol. The minimum atomic E-state index is -3.52. The van der Waals surface area contributed by atoms with Gasteiger partial charge in [-0.3, -0.25) is 4.79 Å². The number of nitrogens with zero attached hydrogens (tertiary/aromatic N) is 1. The third-order valence-electron chi connectivity index (χ3n) is 6.06. The molecule has 0 saturated carbocycles. The molecule has 1 unspecified atom stereocenters. The highest BCUT2D eigenvalue weighted by Gasteiger charge is 2.32. The quantitative estimate of drug-likeness (QED) is 0.724. The van der Waals surface area contributed by atoms with E-state index in [1.54, 1.807) is 6.07 Å². The van der Waals surface area contributed by atoms with Crippen molar-refractivity contribution in [2.45, 2.75) is 50.8 Å². The molecule has 5 nitrogen and oxygen atoms in total. The van der Waals surface area contributed by atoms with Crippen LogP contribution in [0.5, 0.6) is 0 Å². The van der Waals surface area contributed by atoms with Gasteiger partial charge in [-0.05, 0) is 50.3 Å². The van der Waals surface area contributed by atoms with Gasteiger partial charge in [-0.15, -0.1) is 0 Å². The average Bonchev–Trinajstić information content (AvgIpc) is 2.74. The fourth-order valence-corrected chi connectivity index (χ4v) is 5.85. The van der Waals surface area contributed by atoms with Gasteiger partial charge in [0.25, 0.3) is 0 Å². The van der Waals surface area contributed by atoms with Gasteiger partial charge in [0.05, 0.1) is 4.90 Å². The number of benzene rings is 2. The Morgan fingerprint density at radius 3 is 2.37 bits per heavy atom. The molecule has 0 aliphatic carbocycles. The van der Waals surface area contributed by atoms with E-state index in [0.717, 1.165) is 17.5 Å². The first-order chi connectivity index (χ1) is 14.3. The van der Waals surface area contributed by atoms with E-state index in [-0.39, 0.29) is 11.8 Å². The Morgan fingerprint density at radius 1 is 1.10 bits per heavy atom. The molecule has 1 aliphatic heterocycles. The normalized spacial score (nSPS) is 16.9. The van der Waals surface area contributed by atoms with Crippen molar-refractivity contribution < 1.29 is 13.2 Å². The summed E-state index contributed by atoms with van der Waals surface area (Å²) in [7, 11) is -3.52. The Balaban J connectivity index is 1.56. The fraction of sp³-hybridized carbons (Fsp3) is 0.458. The maximum absolute atomic E-state index is 13.0. The summed E-state index contributed by atoms with van der Waals surface area (Å²) in [6.07, 6.45) is 2.06. The lowest BCUT2D eigenvalue weighted by atomic mass is 9.94. The second-order valence-electron chi connectivity index (χ2n) is 8.21. The smallest absolute Gasteiger partial charge is 0.243 e. The fourth-order valence-electron chi connectivity index (χ4n) is 4.18. The first kappa shape index (κ1) is 22.5. The first-order valence-electron chi connectivity index (χ1n) is 10.7. The zero-order valence-corrected chi connectivity index (χ0v) is 18.9. The summed E-state index contributed by atoms with van der Waals surface area (Å²) in [5, 5.41) is 3.10. The van der Waals surface area contributed by atoms with Crippen LogP contribution < -0.4 is 5.32 Å². The highest BCUT2D eigenvalue weighted by Crippen LogP contribution is 2.26. The number of piperidine rings is 1. The van der Waals surface area contributed by atoms with Crippen LogP contribution in [0.25, 0.3) is 0 Å². The summed E-state index contributed by atoms with van der Waals surface area (Å²) in [6.45, 7) is 7.28. The van der Waals surface area contributed by atoms with Crippen LogP contribution >= 0.6 is 0 Å². The first-order valence-corrected chi connectivity index (χ1v) is 12.2. The number of rotatable bonds is 7. The molecule has 1 N–H and O–H groups in total. The largest absolute Gasteiger partial charge is 0.355 e. The van der Waals surface area contributed by atoms with Crippen LogP contribution in [0.4, 0.5) is 0 Å². The molecule has 6 heteroatoms. The van der Waals surface area contributed by atoms with Gasteiger partial charge in [-0.1, -0.05) is 55.0 Å². The predicted octanol–water partition coefficient (Wildman–Crippen LogP) is 4.01. The molecule has 1 amide bonds. The van der Waals surface area contributed by atoms with Crippen LogP contribution in [0.1, 0.15) is 48.8 Å².